The molecule has 66 heavy (non-hydrogen) atoms. The Morgan fingerprint density at radius 3 is 1.38 bits per heavy atom. The maximum atomic E-state index is 13.2. The average Bonchev–Trinajstić information content (AvgIpc) is 3.82. The summed E-state index contributed by atoms with van der Waals surface area (Å²) in [5.74, 6) is 0.275. The molecule has 9 nitrogen and oxygen atoms in total. The van der Waals surface area contributed by atoms with E-state index < -0.39 is 5.54 Å². The Morgan fingerprint density at radius 1 is 0.576 bits per heavy atom. The number of aryl methyl sites for hydroxylation is 1. The van der Waals surface area contributed by atoms with E-state index >= 15 is 0 Å². The SMILES string of the molecule is CCOC(=O)CCCn1cc(/C=C2\CN(C(c3ccccc3)(c3ccccc3)c3ccccc3)CCC2=O)nn1.O=C1CCN(C(c2ccccc2)(c2ccccc2)c2ccccc2)CC1. The van der Waals surface area contributed by atoms with Gasteiger partial charge in [0.1, 0.15) is 11.5 Å². The summed E-state index contributed by atoms with van der Waals surface area (Å²) in [4.78, 5) is 41.6. The van der Waals surface area contributed by atoms with Crippen molar-refractivity contribution < 1.29 is 19.1 Å². The van der Waals surface area contributed by atoms with Gasteiger partial charge in [-0.25, -0.2) is 0 Å². The maximum Gasteiger partial charge on any atom is 0.305 e. The molecule has 3 heterocycles. The number of benzene rings is 6. The van der Waals surface area contributed by atoms with Gasteiger partial charge in [-0.2, -0.15) is 0 Å². The molecular formula is C57H57N5O4. The smallest absolute Gasteiger partial charge is 0.305 e. The minimum absolute atomic E-state index is 0.121. The summed E-state index contributed by atoms with van der Waals surface area (Å²) in [6, 6.07) is 63.6. The predicted octanol–water partition coefficient (Wildman–Crippen LogP) is 9.92. The Kier molecular flexibility index (Phi) is 15.0. The molecule has 0 radical (unpaired) electrons. The second kappa shape index (κ2) is 21.7. The van der Waals surface area contributed by atoms with Gasteiger partial charge in [0, 0.05) is 64.0 Å². The molecule has 9 heteroatoms. The molecule has 0 bridgehead atoms. The van der Waals surface area contributed by atoms with Crippen LogP contribution in [-0.2, 0) is 36.7 Å². The second-order valence-corrected chi connectivity index (χ2v) is 16.7. The van der Waals surface area contributed by atoms with E-state index in [2.05, 4.69) is 184 Å². The van der Waals surface area contributed by atoms with Crippen LogP contribution in [0.3, 0.4) is 0 Å². The third-order valence-electron chi connectivity index (χ3n) is 12.7. The summed E-state index contributed by atoms with van der Waals surface area (Å²) < 4.78 is 6.70. The third kappa shape index (κ3) is 9.93. The number of carbonyl (C=O) groups is 3. The van der Waals surface area contributed by atoms with Crippen molar-refractivity contribution in [3.63, 3.8) is 0 Å². The minimum Gasteiger partial charge on any atom is -0.466 e. The number of nitrogens with zero attached hydrogens (tertiary/aromatic N) is 5. The van der Waals surface area contributed by atoms with Gasteiger partial charge in [-0.3, -0.25) is 28.9 Å². The Balaban J connectivity index is 0.000000196. The zero-order chi connectivity index (χ0) is 45.6. The monoisotopic (exact) mass is 875 g/mol. The van der Waals surface area contributed by atoms with Crippen LogP contribution in [0.2, 0.25) is 0 Å². The van der Waals surface area contributed by atoms with E-state index in [1.807, 2.05) is 30.5 Å². The molecule has 6 aromatic carbocycles. The summed E-state index contributed by atoms with van der Waals surface area (Å²) >= 11 is 0. The highest BCUT2D eigenvalue weighted by Gasteiger charge is 2.45. The quantitative estimate of drug-likeness (QED) is 0.0606. The van der Waals surface area contributed by atoms with Crippen LogP contribution in [0.1, 0.15) is 78.1 Å². The highest BCUT2D eigenvalue weighted by atomic mass is 16.5. The van der Waals surface area contributed by atoms with Crippen LogP contribution in [0.15, 0.2) is 194 Å². The van der Waals surface area contributed by atoms with Crippen LogP contribution in [0.5, 0.6) is 0 Å². The second-order valence-electron chi connectivity index (χ2n) is 16.7. The molecule has 2 aliphatic heterocycles. The molecule has 0 atom stereocenters. The van der Waals surface area contributed by atoms with Crippen molar-refractivity contribution in [3.8, 4) is 0 Å². The number of hydrogen-bond donors (Lipinski definition) is 0. The molecule has 334 valence electrons. The standard InChI is InChI=1S/C33H34N4O3.C24H23NO/c1-2-40-32(39)19-12-21-37-25-30(34-35-37)23-26-24-36(22-20-31(26)38)33(27-13-6-3-7-14-27,28-15-8-4-9-16-28)29-17-10-5-11-18-29;26-23-16-18-25(19-17-23)24(20-10-4-1-5-11-20,21-12-6-2-7-13-21)22-14-8-3-9-15-22/h3-11,13-18,23,25H,2,12,19-22,24H2,1H3;1-15H,16-19H2/b26-23+;. The van der Waals surface area contributed by atoms with E-state index in [1.54, 1.807) is 11.6 Å². The van der Waals surface area contributed by atoms with Crippen LogP contribution >= 0.6 is 0 Å². The molecule has 0 N–H and O–H groups in total. The van der Waals surface area contributed by atoms with E-state index in [1.165, 1.54) is 16.7 Å². The van der Waals surface area contributed by atoms with Gasteiger partial charge in [0.15, 0.2) is 5.78 Å². The van der Waals surface area contributed by atoms with Crippen molar-refractivity contribution in [1.82, 2.24) is 24.8 Å². The number of carbonyl (C=O) groups excluding carboxylic acids is 3. The van der Waals surface area contributed by atoms with Crippen molar-refractivity contribution >= 4 is 23.6 Å². The van der Waals surface area contributed by atoms with Crippen LogP contribution < -0.4 is 0 Å². The average molecular weight is 876 g/mol. The van der Waals surface area contributed by atoms with E-state index in [0.29, 0.717) is 75.4 Å². The lowest BCUT2D eigenvalue weighted by Gasteiger charge is -2.47. The lowest BCUT2D eigenvalue weighted by Crippen LogP contribution is -2.52. The number of esters is 1. The van der Waals surface area contributed by atoms with Gasteiger partial charge in [0.25, 0.3) is 0 Å². The summed E-state index contributed by atoms with van der Waals surface area (Å²) in [5, 5.41) is 8.50. The first-order chi connectivity index (χ1) is 32.4. The van der Waals surface area contributed by atoms with Crippen molar-refractivity contribution in [2.75, 3.05) is 32.8 Å². The molecule has 0 spiro atoms. The highest BCUT2D eigenvalue weighted by Crippen LogP contribution is 2.45. The van der Waals surface area contributed by atoms with Crippen LogP contribution in [-0.4, -0.2) is 75.1 Å². The zero-order valence-corrected chi connectivity index (χ0v) is 37.6. The molecule has 7 aromatic rings. The molecule has 2 fully saturated rings. The number of hydrogen-bond acceptors (Lipinski definition) is 8. The fraction of sp³-hybridized carbons (Fsp3) is 0.246. The molecule has 0 unspecified atom stereocenters. The van der Waals surface area contributed by atoms with Crippen LogP contribution in [0.4, 0.5) is 0 Å². The normalized spacial score (nSPS) is 15.5. The first kappa shape index (κ1) is 45.5. The maximum absolute atomic E-state index is 13.2. The van der Waals surface area contributed by atoms with Gasteiger partial charge < -0.3 is 4.74 Å². The third-order valence-corrected chi connectivity index (χ3v) is 12.7. The topological polar surface area (TPSA) is 97.6 Å². The number of Topliss-reactive ketones (excluding diaryl/α,β-unsaturated/α-hetero) is 2. The first-order valence-electron chi connectivity index (χ1n) is 23.1. The van der Waals surface area contributed by atoms with Gasteiger partial charge in [-0.05, 0) is 52.8 Å². The first-order valence-corrected chi connectivity index (χ1v) is 23.1. The Morgan fingerprint density at radius 2 is 0.970 bits per heavy atom. The molecule has 1 aromatic heterocycles. The Hall–Kier alpha value is -7.07. The fourth-order valence-electron chi connectivity index (χ4n) is 9.73. The number of aromatic nitrogens is 3. The summed E-state index contributed by atoms with van der Waals surface area (Å²) in [7, 11) is 0. The number of likely N-dealkylation sites (tertiary alicyclic amines) is 2. The van der Waals surface area contributed by atoms with Crippen molar-refractivity contribution in [2.24, 2.45) is 0 Å². The number of rotatable bonds is 14. The van der Waals surface area contributed by atoms with Gasteiger partial charge in [0.2, 0.25) is 0 Å². The minimum atomic E-state index is -0.589. The van der Waals surface area contributed by atoms with E-state index in [-0.39, 0.29) is 17.3 Å². The molecule has 0 amide bonds. The fourth-order valence-corrected chi connectivity index (χ4v) is 9.73. The van der Waals surface area contributed by atoms with E-state index in [9.17, 15) is 14.4 Å². The number of ether oxygens (including phenoxy) is 1. The summed E-state index contributed by atoms with van der Waals surface area (Å²) in [6.07, 6.45) is 6.27. The zero-order valence-electron chi connectivity index (χ0n) is 37.6. The van der Waals surface area contributed by atoms with E-state index in [0.717, 1.165) is 29.8 Å². The van der Waals surface area contributed by atoms with Crippen molar-refractivity contribution in [2.45, 2.75) is 56.7 Å². The van der Waals surface area contributed by atoms with Crippen molar-refractivity contribution in [3.05, 3.63) is 233 Å². The number of piperidine rings is 2. The molecular weight excluding hydrogens is 819 g/mol. The van der Waals surface area contributed by atoms with E-state index in [4.69, 9.17) is 4.74 Å². The highest BCUT2D eigenvalue weighted by molar-refractivity contribution is 6.00. The largest absolute Gasteiger partial charge is 0.466 e. The number of ketones is 2. The van der Waals surface area contributed by atoms with Crippen LogP contribution in [0.25, 0.3) is 6.08 Å². The molecule has 9 rings (SSSR count). The van der Waals surface area contributed by atoms with Gasteiger partial charge >= 0.3 is 5.97 Å². The molecule has 0 saturated carbocycles. The van der Waals surface area contributed by atoms with Crippen molar-refractivity contribution in [1.29, 1.82) is 0 Å². The molecule has 2 saturated heterocycles. The van der Waals surface area contributed by atoms with Gasteiger partial charge in [0.05, 0.1) is 23.9 Å². The molecule has 2 aliphatic rings. The van der Waals surface area contributed by atoms with Gasteiger partial charge in [-0.1, -0.05) is 187 Å². The summed E-state index contributed by atoms with van der Waals surface area (Å²) in [5.41, 5.74) is 7.53. The molecule has 0 aliphatic carbocycles. The Labute approximate surface area is 388 Å². The van der Waals surface area contributed by atoms with Gasteiger partial charge in [-0.15, -0.1) is 5.10 Å². The lowest BCUT2D eigenvalue weighted by atomic mass is 9.74. The van der Waals surface area contributed by atoms with Crippen LogP contribution in [0, 0.1) is 0 Å². The predicted molar refractivity (Wildman–Crippen MR) is 259 cm³/mol. The lowest BCUT2D eigenvalue weighted by molar-refractivity contribution is -0.143. The Bertz CT molecular complexity index is 2470. The summed E-state index contributed by atoms with van der Waals surface area (Å²) in [6.45, 7) is 5.36.